The van der Waals surface area contributed by atoms with E-state index in [2.05, 4.69) is 18.9 Å². The highest BCUT2D eigenvalue weighted by molar-refractivity contribution is 5.44. The molecule has 0 atom stereocenters. The average Bonchev–Trinajstić information content (AvgIpc) is 2.54. The van der Waals surface area contributed by atoms with Crippen LogP contribution < -0.4 is 5.73 Å². The summed E-state index contributed by atoms with van der Waals surface area (Å²) in [6.45, 7) is 5.44. The van der Waals surface area contributed by atoms with Crippen molar-refractivity contribution in [2.24, 2.45) is 5.92 Å². The Kier molecular flexibility index (Phi) is 2.98. The van der Waals surface area contributed by atoms with Gasteiger partial charge in [-0.25, -0.2) is 4.68 Å². The van der Waals surface area contributed by atoms with Gasteiger partial charge >= 0.3 is 0 Å². The first-order valence-electron chi connectivity index (χ1n) is 6.02. The van der Waals surface area contributed by atoms with Crippen molar-refractivity contribution in [3.63, 3.8) is 0 Å². The summed E-state index contributed by atoms with van der Waals surface area (Å²) in [6.07, 6.45) is 5.95. The molecule has 3 heteroatoms. The molecular weight excluding hydrogens is 186 g/mol. The van der Waals surface area contributed by atoms with E-state index in [1.807, 2.05) is 4.68 Å². The first kappa shape index (κ1) is 10.5. The van der Waals surface area contributed by atoms with Crippen molar-refractivity contribution in [2.45, 2.75) is 52.5 Å². The minimum Gasteiger partial charge on any atom is -0.384 e. The van der Waals surface area contributed by atoms with Crippen LogP contribution in [-0.2, 0) is 19.4 Å². The van der Waals surface area contributed by atoms with Gasteiger partial charge in [0.15, 0.2) is 0 Å². The number of hydrogen-bond acceptors (Lipinski definition) is 2. The first-order chi connectivity index (χ1) is 7.18. The molecule has 0 unspecified atom stereocenters. The van der Waals surface area contributed by atoms with Crippen LogP contribution in [0.2, 0.25) is 0 Å². The van der Waals surface area contributed by atoms with E-state index in [0.717, 1.165) is 31.6 Å². The predicted octanol–water partition coefficient (Wildman–Crippen LogP) is 2.39. The summed E-state index contributed by atoms with van der Waals surface area (Å²) >= 11 is 0. The van der Waals surface area contributed by atoms with Gasteiger partial charge < -0.3 is 5.73 Å². The fourth-order valence-electron chi connectivity index (χ4n) is 2.18. The number of hydrogen-bond donors (Lipinski definition) is 1. The van der Waals surface area contributed by atoms with Gasteiger partial charge in [0, 0.05) is 12.1 Å². The number of nitrogens with two attached hydrogens (primary N) is 1. The lowest BCUT2D eigenvalue weighted by molar-refractivity contribution is 0.488. The van der Waals surface area contributed by atoms with Crippen LogP contribution in [0.3, 0.4) is 0 Å². The molecule has 0 saturated heterocycles. The quantitative estimate of drug-likeness (QED) is 0.827. The molecular formula is C12H21N3. The molecule has 0 amide bonds. The maximum atomic E-state index is 6.11. The van der Waals surface area contributed by atoms with Crippen LogP contribution in [0.1, 0.15) is 44.4 Å². The number of nitrogens with zero attached hydrogens (tertiary/aromatic N) is 2. The number of anilines is 1. The lowest BCUT2D eigenvalue weighted by Gasteiger charge is -2.09. The minimum atomic E-state index is 0.714. The topological polar surface area (TPSA) is 43.8 Å². The summed E-state index contributed by atoms with van der Waals surface area (Å²) in [4.78, 5) is 0. The van der Waals surface area contributed by atoms with Gasteiger partial charge in [-0.2, -0.15) is 5.10 Å². The van der Waals surface area contributed by atoms with Crippen molar-refractivity contribution >= 4 is 5.82 Å². The van der Waals surface area contributed by atoms with E-state index >= 15 is 0 Å². The fourth-order valence-corrected chi connectivity index (χ4v) is 2.18. The highest BCUT2D eigenvalue weighted by Crippen LogP contribution is 2.25. The Morgan fingerprint density at radius 1 is 1.33 bits per heavy atom. The van der Waals surface area contributed by atoms with Crippen LogP contribution >= 0.6 is 0 Å². The van der Waals surface area contributed by atoms with Crippen LogP contribution in [0, 0.1) is 5.92 Å². The van der Waals surface area contributed by atoms with Gasteiger partial charge in [-0.3, -0.25) is 0 Å². The second-order valence-electron chi connectivity index (χ2n) is 4.92. The molecule has 0 aliphatic heterocycles. The van der Waals surface area contributed by atoms with Gasteiger partial charge in [0.05, 0.1) is 5.69 Å². The third kappa shape index (κ3) is 2.16. The molecule has 2 N–H and O–H groups in total. The SMILES string of the molecule is CC(C)CCn1nc2c(c1N)CCCC2. The number of aromatic nitrogens is 2. The largest absolute Gasteiger partial charge is 0.384 e. The monoisotopic (exact) mass is 207 g/mol. The molecule has 0 bridgehead atoms. The predicted molar refractivity (Wildman–Crippen MR) is 62.7 cm³/mol. The van der Waals surface area contributed by atoms with E-state index in [0.29, 0.717) is 5.92 Å². The van der Waals surface area contributed by atoms with Crippen molar-refractivity contribution in [3.8, 4) is 0 Å². The standard InChI is InChI=1S/C12H21N3/c1-9(2)7-8-15-12(13)10-5-3-4-6-11(10)14-15/h9H,3-8,13H2,1-2H3. The lowest BCUT2D eigenvalue weighted by Crippen LogP contribution is -2.07. The van der Waals surface area contributed by atoms with E-state index in [1.54, 1.807) is 0 Å². The summed E-state index contributed by atoms with van der Waals surface area (Å²) in [7, 11) is 0. The van der Waals surface area contributed by atoms with Crippen LogP contribution in [0.5, 0.6) is 0 Å². The minimum absolute atomic E-state index is 0.714. The van der Waals surface area contributed by atoms with Crippen LogP contribution in [0.25, 0.3) is 0 Å². The van der Waals surface area contributed by atoms with Gasteiger partial charge in [0.25, 0.3) is 0 Å². The molecule has 0 spiro atoms. The molecule has 1 aliphatic carbocycles. The highest BCUT2D eigenvalue weighted by Gasteiger charge is 2.18. The zero-order valence-electron chi connectivity index (χ0n) is 9.79. The lowest BCUT2D eigenvalue weighted by atomic mass is 9.98. The molecule has 15 heavy (non-hydrogen) atoms. The van der Waals surface area contributed by atoms with Gasteiger partial charge in [0.2, 0.25) is 0 Å². The van der Waals surface area contributed by atoms with E-state index in [9.17, 15) is 0 Å². The zero-order chi connectivity index (χ0) is 10.8. The Bertz CT molecular complexity index is 339. The Morgan fingerprint density at radius 2 is 2.07 bits per heavy atom. The Morgan fingerprint density at radius 3 is 2.73 bits per heavy atom. The molecule has 1 aromatic heterocycles. The summed E-state index contributed by atoms with van der Waals surface area (Å²) in [6, 6.07) is 0. The zero-order valence-corrected chi connectivity index (χ0v) is 9.79. The number of aryl methyl sites for hydroxylation is 2. The van der Waals surface area contributed by atoms with Crippen molar-refractivity contribution in [2.75, 3.05) is 5.73 Å². The molecule has 1 aliphatic rings. The first-order valence-corrected chi connectivity index (χ1v) is 6.02. The molecule has 0 aromatic carbocycles. The maximum Gasteiger partial charge on any atom is 0.125 e. The molecule has 1 aromatic rings. The van der Waals surface area contributed by atoms with Crippen molar-refractivity contribution < 1.29 is 0 Å². The third-order valence-corrected chi connectivity index (χ3v) is 3.19. The Labute approximate surface area is 91.7 Å². The van der Waals surface area contributed by atoms with E-state index in [1.165, 1.54) is 24.1 Å². The highest BCUT2D eigenvalue weighted by atomic mass is 15.3. The van der Waals surface area contributed by atoms with Crippen LogP contribution in [0.15, 0.2) is 0 Å². The fraction of sp³-hybridized carbons (Fsp3) is 0.750. The summed E-state index contributed by atoms with van der Waals surface area (Å²) in [5.41, 5.74) is 8.69. The average molecular weight is 207 g/mol. The van der Waals surface area contributed by atoms with E-state index in [-0.39, 0.29) is 0 Å². The number of fused-ring (bicyclic) bond motifs is 1. The second-order valence-corrected chi connectivity index (χ2v) is 4.92. The van der Waals surface area contributed by atoms with Gasteiger partial charge in [0.1, 0.15) is 5.82 Å². The Hall–Kier alpha value is -0.990. The third-order valence-electron chi connectivity index (χ3n) is 3.19. The molecule has 0 fully saturated rings. The van der Waals surface area contributed by atoms with Crippen molar-refractivity contribution in [1.82, 2.24) is 9.78 Å². The molecule has 0 saturated carbocycles. The maximum absolute atomic E-state index is 6.11. The number of nitrogen functional groups attached to an aromatic ring is 1. The van der Waals surface area contributed by atoms with Crippen LogP contribution in [-0.4, -0.2) is 9.78 Å². The van der Waals surface area contributed by atoms with E-state index < -0.39 is 0 Å². The van der Waals surface area contributed by atoms with E-state index in [4.69, 9.17) is 5.73 Å². The molecule has 1 heterocycles. The normalized spacial score (nSPS) is 15.7. The van der Waals surface area contributed by atoms with Gasteiger partial charge in [-0.1, -0.05) is 13.8 Å². The molecule has 3 nitrogen and oxygen atoms in total. The number of rotatable bonds is 3. The summed E-state index contributed by atoms with van der Waals surface area (Å²) in [5, 5.41) is 4.61. The molecule has 84 valence electrons. The smallest absolute Gasteiger partial charge is 0.125 e. The second kappa shape index (κ2) is 4.25. The van der Waals surface area contributed by atoms with Gasteiger partial charge in [-0.15, -0.1) is 0 Å². The Balaban J connectivity index is 2.14. The molecule has 0 radical (unpaired) electrons. The van der Waals surface area contributed by atoms with Crippen molar-refractivity contribution in [3.05, 3.63) is 11.3 Å². The van der Waals surface area contributed by atoms with Crippen molar-refractivity contribution in [1.29, 1.82) is 0 Å². The summed E-state index contributed by atoms with van der Waals surface area (Å²) < 4.78 is 2.01. The summed E-state index contributed by atoms with van der Waals surface area (Å²) in [5.74, 6) is 1.64. The van der Waals surface area contributed by atoms with Crippen LogP contribution in [0.4, 0.5) is 5.82 Å². The van der Waals surface area contributed by atoms with Gasteiger partial charge in [-0.05, 0) is 38.0 Å². The molecule has 2 rings (SSSR count).